The van der Waals surface area contributed by atoms with Gasteiger partial charge in [-0.05, 0) is 56.6 Å². The van der Waals surface area contributed by atoms with E-state index in [1.54, 1.807) is 24.3 Å². The lowest BCUT2D eigenvalue weighted by Gasteiger charge is -2.26. The number of aromatic nitrogens is 2. The smallest absolute Gasteiger partial charge is 0.263 e. The minimum Gasteiger partial charge on any atom is -0.475 e. The molecule has 2 heterocycles. The molecular weight excluding hydrogens is 400 g/mol. The first-order valence-electron chi connectivity index (χ1n) is 10.3. The van der Waals surface area contributed by atoms with Crippen molar-refractivity contribution in [1.82, 2.24) is 14.9 Å². The highest BCUT2D eigenvalue weighted by Gasteiger charge is 2.19. The van der Waals surface area contributed by atoms with Crippen molar-refractivity contribution in [1.29, 1.82) is 0 Å². The second-order valence-electron chi connectivity index (χ2n) is 7.39. The largest absolute Gasteiger partial charge is 0.475 e. The fraction of sp³-hybridized carbons (Fsp3) is 0.364. The summed E-state index contributed by atoms with van der Waals surface area (Å²) in [5.74, 6) is 0.308. The van der Waals surface area contributed by atoms with Gasteiger partial charge in [0, 0.05) is 6.54 Å². The van der Waals surface area contributed by atoms with E-state index in [2.05, 4.69) is 19.6 Å². The van der Waals surface area contributed by atoms with Gasteiger partial charge >= 0.3 is 0 Å². The molecule has 1 aliphatic heterocycles. The van der Waals surface area contributed by atoms with Gasteiger partial charge in [0.1, 0.15) is 0 Å². The molecule has 1 fully saturated rings. The molecule has 1 aliphatic rings. The Hall–Kier alpha value is -2.71. The first-order valence-corrected chi connectivity index (χ1v) is 11.8. The Morgan fingerprint density at radius 2 is 1.57 bits per heavy atom. The number of nitrogens with zero attached hydrogens (tertiary/aromatic N) is 3. The number of ether oxygens (including phenoxy) is 1. The molecule has 0 bridgehead atoms. The third-order valence-electron chi connectivity index (χ3n) is 5.13. The van der Waals surface area contributed by atoms with Crippen LogP contribution in [0.4, 0.5) is 5.82 Å². The number of rotatable bonds is 8. The Kier molecular flexibility index (Phi) is 6.44. The van der Waals surface area contributed by atoms with Gasteiger partial charge in [-0.2, -0.15) is 0 Å². The predicted octanol–water partition coefficient (Wildman–Crippen LogP) is 3.69. The number of para-hydroxylation sites is 2. The van der Waals surface area contributed by atoms with Crippen LogP contribution in [0.15, 0.2) is 59.5 Å². The molecule has 7 nitrogen and oxygen atoms in total. The van der Waals surface area contributed by atoms with Gasteiger partial charge in [-0.1, -0.05) is 36.8 Å². The molecule has 0 radical (unpaired) electrons. The van der Waals surface area contributed by atoms with Crippen LogP contribution in [0.1, 0.15) is 25.7 Å². The van der Waals surface area contributed by atoms with E-state index >= 15 is 0 Å². The summed E-state index contributed by atoms with van der Waals surface area (Å²) in [5.41, 5.74) is 1.26. The van der Waals surface area contributed by atoms with Crippen molar-refractivity contribution in [2.24, 2.45) is 0 Å². The Bertz CT molecular complexity index is 1080. The van der Waals surface area contributed by atoms with Crippen LogP contribution >= 0.6 is 0 Å². The minimum absolute atomic E-state index is 0.107. The summed E-state index contributed by atoms with van der Waals surface area (Å²) in [7, 11) is -3.79. The van der Waals surface area contributed by atoms with Crippen LogP contribution in [0.2, 0.25) is 0 Å². The second kappa shape index (κ2) is 9.40. The fourth-order valence-corrected chi connectivity index (χ4v) is 4.60. The molecule has 1 N–H and O–H groups in total. The van der Waals surface area contributed by atoms with Gasteiger partial charge in [0.25, 0.3) is 15.9 Å². The van der Waals surface area contributed by atoms with E-state index in [0.717, 1.165) is 26.1 Å². The van der Waals surface area contributed by atoms with Gasteiger partial charge in [0.05, 0.1) is 22.5 Å². The number of sulfonamides is 1. The number of hydrogen-bond acceptors (Lipinski definition) is 6. The quantitative estimate of drug-likeness (QED) is 0.553. The lowest BCUT2D eigenvalue weighted by atomic mass is 10.1. The Morgan fingerprint density at radius 3 is 2.30 bits per heavy atom. The molecule has 8 heteroatoms. The molecule has 2 aromatic carbocycles. The summed E-state index contributed by atoms with van der Waals surface area (Å²) in [6.45, 7) is 3.69. The van der Waals surface area contributed by atoms with Gasteiger partial charge in [0.2, 0.25) is 5.82 Å². The summed E-state index contributed by atoms with van der Waals surface area (Å²) in [5, 5.41) is 0. The van der Waals surface area contributed by atoms with Crippen LogP contribution in [-0.4, -0.2) is 49.5 Å². The van der Waals surface area contributed by atoms with E-state index in [4.69, 9.17) is 4.74 Å². The lowest BCUT2D eigenvalue weighted by molar-refractivity contribution is 0.203. The van der Waals surface area contributed by atoms with Crippen molar-refractivity contribution >= 4 is 26.9 Å². The monoisotopic (exact) mass is 426 g/mol. The molecule has 3 aromatic rings. The zero-order valence-corrected chi connectivity index (χ0v) is 17.6. The van der Waals surface area contributed by atoms with Crippen molar-refractivity contribution in [3.63, 3.8) is 0 Å². The predicted molar refractivity (Wildman–Crippen MR) is 117 cm³/mol. The fourth-order valence-electron chi connectivity index (χ4n) is 3.58. The number of anilines is 1. The Balaban J connectivity index is 1.52. The van der Waals surface area contributed by atoms with Gasteiger partial charge in [-0.15, -0.1) is 0 Å². The molecular formula is C22H26N4O3S. The molecule has 4 rings (SSSR count). The topological polar surface area (TPSA) is 84.4 Å². The average Bonchev–Trinajstić information content (AvgIpc) is 2.78. The molecule has 1 saturated heterocycles. The van der Waals surface area contributed by atoms with E-state index in [-0.39, 0.29) is 16.6 Å². The van der Waals surface area contributed by atoms with E-state index in [1.807, 2.05) is 18.2 Å². The van der Waals surface area contributed by atoms with Crippen LogP contribution in [0.3, 0.4) is 0 Å². The molecule has 0 atom stereocenters. The van der Waals surface area contributed by atoms with Crippen LogP contribution in [-0.2, 0) is 10.0 Å². The van der Waals surface area contributed by atoms with E-state index < -0.39 is 10.0 Å². The summed E-state index contributed by atoms with van der Waals surface area (Å²) >= 11 is 0. The minimum atomic E-state index is -3.79. The first-order chi connectivity index (χ1) is 14.6. The number of likely N-dealkylation sites (tertiary alicyclic amines) is 1. The summed E-state index contributed by atoms with van der Waals surface area (Å²) in [6, 6.07) is 15.5. The van der Waals surface area contributed by atoms with Gasteiger partial charge in [0.15, 0.2) is 0 Å². The maximum absolute atomic E-state index is 12.8. The first kappa shape index (κ1) is 20.6. The SMILES string of the molecule is O=S(=O)(Nc1nc2ccccc2nc1OCCCN1CCCCC1)c1ccccc1. The zero-order chi connectivity index (χ0) is 20.8. The van der Waals surface area contributed by atoms with Crippen LogP contribution < -0.4 is 9.46 Å². The highest BCUT2D eigenvalue weighted by Crippen LogP contribution is 2.26. The van der Waals surface area contributed by atoms with Crippen molar-refractivity contribution in [3.8, 4) is 5.88 Å². The highest BCUT2D eigenvalue weighted by atomic mass is 32.2. The number of fused-ring (bicyclic) bond motifs is 1. The molecule has 0 aliphatic carbocycles. The van der Waals surface area contributed by atoms with Crippen LogP contribution in [0.25, 0.3) is 11.0 Å². The molecule has 158 valence electrons. The molecule has 30 heavy (non-hydrogen) atoms. The Morgan fingerprint density at radius 1 is 0.900 bits per heavy atom. The van der Waals surface area contributed by atoms with Gasteiger partial charge in [-0.3, -0.25) is 4.72 Å². The number of nitrogens with one attached hydrogen (secondary N) is 1. The number of piperidine rings is 1. The van der Waals surface area contributed by atoms with E-state index in [9.17, 15) is 8.42 Å². The second-order valence-corrected chi connectivity index (χ2v) is 9.07. The third kappa shape index (κ3) is 5.06. The van der Waals surface area contributed by atoms with Crippen molar-refractivity contribution in [2.45, 2.75) is 30.6 Å². The normalized spacial score (nSPS) is 15.2. The van der Waals surface area contributed by atoms with Crippen molar-refractivity contribution < 1.29 is 13.2 Å². The summed E-state index contributed by atoms with van der Waals surface area (Å²) < 4.78 is 34.0. The van der Waals surface area contributed by atoms with Crippen LogP contribution in [0, 0.1) is 0 Å². The average molecular weight is 427 g/mol. The third-order valence-corrected chi connectivity index (χ3v) is 6.48. The standard InChI is InChI=1S/C22H26N4O3S/c27-30(28,18-10-3-1-4-11-18)25-21-22(24-20-13-6-5-12-19(20)23-21)29-17-9-16-26-14-7-2-8-15-26/h1,3-6,10-13H,2,7-9,14-17H2,(H,23,25). The van der Waals surface area contributed by atoms with Crippen molar-refractivity contribution in [3.05, 3.63) is 54.6 Å². The summed E-state index contributed by atoms with van der Waals surface area (Å²) in [4.78, 5) is 11.6. The number of hydrogen-bond donors (Lipinski definition) is 1. The molecule has 0 amide bonds. The maximum atomic E-state index is 12.8. The lowest BCUT2D eigenvalue weighted by Crippen LogP contribution is -2.31. The zero-order valence-electron chi connectivity index (χ0n) is 16.8. The van der Waals surface area contributed by atoms with Gasteiger partial charge in [-0.25, -0.2) is 18.4 Å². The number of benzene rings is 2. The Labute approximate surface area is 177 Å². The van der Waals surface area contributed by atoms with Gasteiger partial charge < -0.3 is 9.64 Å². The highest BCUT2D eigenvalue weighted by molar-refractivity contribution is 7.92. The molecule has 0 unspecified atom stereocenters. The molecule has 0 spiro atoms. The summed E-state index contributed by atoms with van der Waals surface area (Å²) in [6.07, 6.45) is 4.66. The van der Waals surface area contributed by atoms with E-state index in [0.29, 0.717) is 17.6 Å². The molecule has 1 aromatic heterocycles. The van der Waals surface area contributed by atoms with Crippen molar-refractivity contribution in [2.75, 3.05) is 31.0 Å². The maximum Gasteiger partial charge on any atom is 0.263 e. The van der Waals surface area contributed by atoms with E-state index in [1.165, 1.54) is 31.4 Å². The van der Waals surface area contributed by atoms with Crippen LogP contribution in [0.5, 0.6) is 5.88 Å². The molecule has 0 saturated carbocycles.